The maximum Gasteiger partial charge on any atom is 0.573 e. The largest absolute Gasteiger partial charge is 0.573 e. The van der Waals surface area contributed by atoms with Crippen LogP contribution in [-0.4, -0.2) is 50.5 Å². The number of piperidine rings is 1. The zero-order valence-corrected chi connectivity index (χ0v) is 17.8. The average molecular weight is 447 g/mol. The summed E-state index contributed by atoms with van der Waals surface area (Å²) in [5.41, 5.74) is 2.47. The summed E-state index contributed by atoms with van der Waals surface area (Å²) in [6, 6.07) is 11.3. The summed E-state index contributed by atoms with van der Waals surface area (Å²) < 4.78 is 46.2. The number of nitrogens with zero attached hydrogens (tertiary/aromatic N) is 3. The zero-order valence-electron chi connectivity index (χ0n) is 17.8. The van der Waals surface area contributed by atoms with E-state index in [-0.39, 0.29) is 17.7 Å². The van der Waals surface area contributed by atoms with Crippen molar-refractivity contribution in [2.24, 2.45) is 0 Å². The van der Waals surface area contributed by atoms with Crippen LogP contribution in [0.2, 0.25) is 0 Å². The molecule has 0 unspecified atom stereocenters. The predicted octanol–water partition coefficient (Wildman–Crippen LogP) is 4.63. The number of hydrogen-bond donors (Lipinski definition) is 0. The van der Waals surface area contributed by atoms with E-state index >= 15 is 0 Å². The quantitative estimate of drug-likeness (QED) is 0.684. The van der Waals surface area contributed by atoms with Crippen molar-refractivity contribution >= 4 is 17.3 Å². The van der Waals surface area contributed by atoms with Gasteiger partial charge in [-0.05, 0) is 49.2 Å². The van der Waals surface area contributed by atoms with E-state index in [1.165, 1.54) is 12.1 Å². The monoisotopic (exact) mass is 447 g/mol. The van der Waals surface area contributed by atoms with Gasteiger partial charge in [0.25, 0.3) is 5.91 Å². The first-order valence-corrected chi connectivity index (χ1v) is 10.3. The molecule has 0 aromatic heterocycles. The van der Waals surface area contributed by atoms with Crippen LogP contribution in [0.4, 0.5) is 24.5 Å². The first-order chi connectivity index (χ1) is 15.2. The van der Waals surface area contributed by atoms with Crippen LogP contribution in [0, 0.1) is 0 Å². The molecule has 2 heterocycles. The second-order valence-corrected chi connectivity index (χ2v) is 7.77. The second kappa shape index (κ2) is 8.64. The van der Waals surface area contributed by atoms with Crippen LogP contribution in [0.5, 0.6) is 11.5 Å². The molecule has 1 saturated heterocycles. The van der Waals surface area contributed by atoms with Crippen molar-refractivity contribution in [3.05, 3.63) is 60.4 Å². The van der Waals surface area contributed by atoms with Crippen molar-refractivity contribution < 1.29 is 27.4 Å². The molecule has 9 heteroatoms. The van der Waals surface area contributed by atoms with Gasteiger partial charge in [0.1, 0.15) is 11.5 Å². The molecule has 0 saturated carbocycles. The third kappa shape index (κ3) is 4.61. The van der Waals surface area contributed by atoms with E-state index in [2.05, 4.69) is 15.8 Å². The van der Waals surface area contributed by atoms with Gasteiger partial charge in [-0.1, -0.05) is 0 Å². The van der Waals surface area contributed by atoms with Crippen LogP contribution in [0.3, 0.4) is 0 Å². The van der Waals surface area contributed by atoms with Gasteiger partial charge in [-0.15, -0.1) is 13.2 Å². The molecule has 0 atom stereocenters. The number of carbonyl (C=O) groups is 1. The summed E-state index contributed by atoms with van der Waals surface area (Å²) in [5, 5.41) is 0. The van der Waals surface area contributed by atoms with Gasteiger partial charge in [-0.3, -0.25) is 4.79 Å². The topological polar surface area (TPSA) is 45.2 Å². The molecule has 0 aliphatic carbocycles. The van der Waals surface area contributed by atoms with Crippen LogP contribution in [0.25, 0.3) is 0 Å². The summed E-state index contributed by atoms with van der Waals surface area (Å²) in [4.78, 5) is 18.8. The number of hydrogen-bond acceptors (Lipinski definition) is 5. The number of benzene rings is 2. The van der Waals surface area contributed by atoms with Crippen molar-refractivity contribution in [2.75, 3.05) is 37.0 Å². The van der Waals surface area contributed by atoms with Gasteiger partial charge < -0.3 is 24.2 Å². The number of likely N-dealkylation sites (tertiary alicyclic amines) is 1. The summed E-state index contributed by atoms with van der Waals surface area (Å²) in [5.74, 6) is 0.254. The molecule has 0 N–H and O–H groups in total. The van der Waals surface area contributed by atoms with Crippen molar-refractivity contribution in [3.63, 3.8) is 0 Å². The normalized spacial score (nSPS) is 16.7. The van der Waals surface area contributed by atoms with Crippen LogP contribution in [-0.2, 0) is 0 Å². The Morgan fingerprint density at radius 3 is 2.25 bits per heavy atom. The Morgan fingerprint density at radius 2 is 1.62 bits per heavy atom. The summed E-state index contributed by atoms with van der Waals surface area (Å²) in [6.07, 6.45) is 0.857. The van der Waals surface area contributed by atoms with E-state index in [1.807, 2.05) is 36.3 Å². The number of halogens is 3. The molecule has 2 aromatic carbocycles. The van der Waals surface area contributed by atoms with Gasteiger partial charge in [0.05, 0.1) is 18.5 Å². The maximum absolute atomic E-state index is 12.8. The molecule has 0 radical (unpaired) electrons. The molecule has 2 aliphatic rings. The van der Waals surface area contributed by atoms with Gasteiger partial charge >= 0.3 is 6.36 Å². The summed E-state index contributed by atoms with van der Waals surface area (Å²) in [6.45, 7) is 1.13. The van der Waals surface area contributed by atoms with Gasteiger partial charge in [-0.2, -0.15) is 0 Å². The smallest absolute Gasteiger partial charge is 0.497 e. The lowest BCUT2D eigenvalue weighted by atomic mass is 10.0. The molecule has 1 amide bonds. The Labute approximate surface area is 184 Å². The molecule has 0 bridgehead atoms. The van der Waals surface area contributed by atoms with E-state index in [9.17, 15) is 18.0 Å². The molecule has 2 aliphatic heterocycles. The third-order valence-electron chi connectivity index (χ3n) is 5.77. The Balaban J connectivity index is 1.40. The van der Waals surface area contributed by atoms with E-state index in [0.29, 0.717) is 18.7 Å². The van der Waals surface area contributed by atoms with Crippen LogP contribution in [0.15, 0.2) is 54.9 Å². The molecule has 6 nitrogen and oxygen atoms in total. The number of anilines is 2. The number of methoxy groups -OCH3 is 1. The van der Waals surface area contributed by atoms with Gasteiger partial charge in [0, 0.05) is 50.2 Å². The lowest BCUT2D eigenvalue weighted by molar-refractivity contribution is -0.274. The lowest BCUT2D eigenvalue weighted by Crippen LogP contribution is -2.46. The fourth-order valence-electron chi connectivity index (χ4n) is 4.11. The highest BCUT2D eigenvalue weighted by molar-refractivity contribution is 5.94. The molecule has 0 spiro atoms. The molecule has 1 fully saturated rings. The molecule has 170 valence electrons. The third-order valence-corrected chi connectivity index (χ3v) is 5.77. The first kappa shape index (κ1) is 21.9. The predicted molar refractivity (Wildman–Crippen MR) is 115 cm³/mol. The van der Waals surface area contributed by atoms with Gasteiger partial charge in [0.15, 0.2) is 0 Å². The van der Waals surface area contributed by atoms with Crippen molar-refractivity contribution in [3.8, 4) is 11.5 Å². The van der Waals surface area contributed by atoms with Crippen LogP contribution >= 0.6 is 0 Å². The Hall–Kier alpha value is -3.36. The summed E-state index contributed by atoms with van der Waals surface area (Å²) >= 11 is 0. The van der Waals surface area contributed by atoms with Crippen LogP contribution in [0.1, 0.15) is 23.2 Å². The number of carbonyl (C=O) groups excluding carboxylic acids is 1. The fourth-order valence-corrected chi connectivity index (χ4v) is 4.11. The van der Waals surface area contributed by atoms with Gasteiger partial charge in [-0.25, -0.2) is 0 Å². The molecule has 2 aromatic rings. The first-order valence-electron chi connectivity index (χ1n) is 10.3. The summed E-state index contributed by atoms with van der Waals surface area (Å²) in [7, 11) is 3.63. The average Bonchev–Trinajstić information content (AvgIpc) is 2.78. The zero-order chi connectivity index (χ0) is 22.9. The van der Waals surface area contributed by atoms with E-state index in [4.69, 9.17) is 4.74 Å². The SMILES string of the molecule is COc1ccc2c(c1)N(C)C=CN2C1CCN(C(=O)c2ccc(OC(F)(F)F)cc2)CC1. The van der Waals surface area contributed by atoms with E-state index < -0.39 is 6.36 Å². The van der Waals surface area contributed by atoms with Crippen molar-refractivity contribution in [1.82, 2.24) is 4.90 Å². The highest BCUT2D eigenvalue weighted by Crippen LogP contribution is 2.38. The molecule has 32 heavy (non-hydrogen) atoms. The number of fused-ring (bicyclic) bond motifs is 1. The molecule has 4 rings (SSSR count). The van der Waals surface area contributed by atoms with Crippen LogP contribution < -0.4 is 19.3 Å². The van der Waals surface area contributed by atoms with E-state index in [1.54, 1.807) is 12.0 Å². The minimum Gasteiger partial charge on any atom is -0.497 e. The highest BCUT2D eigenvalue weighted by atomic mass is 19.4. The second-order valence-electron chi connectivity index (χ2n) is 7.77. The number of alkyl halides is 3. The molecular weight excluding hydrogens is 423 g/mol. The number of amides is 1. The minimum atomic E-state index is -4.76. The fraction of sp³-hybridized carbons (Fsp3) is 0.348. The Kier molecular flexibility index (Phi) is 5.90. The molecular formula is C23H24F3N3O3. The lowest BCUT2D eigenvalue weighted by Gasteiger charge is -2.41. The number of rotatable bonds is 4. The number of ether oxygens (including phenoxy) is 2. The van der Waals surface area contributed by atoms with Crippen molar-refractivity contribution in [2.45, 2.75) is 25.2 Å². The maximum atomic E-state index is 12.8. The standard InChI is InChI=1S/C23H24F3N3O3/c1-27-13-14-29(20-8-7-19(31-2)15-21(20)27)17-9-11-28(12-10-17)22(30)16-3-5-18(6-4-16)32-23(24,25)26/h3-8,13-15,17H,9-12H2,1-2H3. The van der Waals surface area contributed by atoms with Crippen molar-refractivity contribution in [1.29, 1.82) is 0 Å². The Bertz CT molecular complexity index is 1000. The van der Waals surface area contributed by atoms with E-state index in [0.717, 1.165) is 42.1 Å². The highest BCUT2D eigenvalue weighted by Gasteiger charge is 2.32. The minimum absolute atomic E-state index is 0.193. The van der Waals surface area contributed by atoms with Gasteiger partial charge in [0.2, 0.25) is 0 Å². The Morgan fingerprint density at radius 1 is 0.969 bits per heavy atom.